The maximum absolute atomic E-state index is 6.49. The van der Waals surface area contributed by atoms with E-state index in [9.17, 15) is 0 Å². The van der Waals surface area contributed by atoms with Crippen LogP contribution in [0.3, 0.4) is 0 Å². The van der Waals surface area contributed by atoms with Gasteiger partial charge in [-0.25, -0.2) is 0 Å². The van der Waals surface area contributed by atoms with E-state index in [1.165, 1.54) is 98.2 Å². The fourth-order valence-corrected chi connectivity index (χ4v) is 6.79. The van der Waals surface area contributed by atoms with Gasteiger partial charge in [-0.05, 0) is 80.4 Å². The predicted octanol–water partition coefficient (Wildman–Crippen LogP) is 8.20. The first-order valence-electron chi connectivity index (χ1n) is 14.5. The summed E-state index contributed by atoms with van der Waals surface area (Å²) in [6.07, 6.45) is 12.5. The van der Waals surface area contributed by atoms with Gasteiger partial charge in [-0.2, -0.15) is 8.75 Å². The molecule has 0 N–H and O–H groups in total. The third-order valence-corrected chi connectivity index (χ3v) is 9.75. The number of aromatic nitrogens is 2. The Bertz CT molecular complexity index is 1220. The van der Waals surface area contributed by atoms with Crippen LogP contribution in [0.2, 0.25) is 0 Å². The number of hydrogen-bond acceptors (Lipinski definition) is 5. The molecular weight excluding hydrogens is 475 g/mol. The topological polar surface area (TPSA) is 44.2 Å². The quantitative estimate of drug-likeness (QED) is 0.190. The van der Waals surface area contributed by atoms with E-state index in [4.69, 9.17) is 9.31 Å². The summed E-state index contributed by atoms with van der Waals surface area (Å²) in [5.74, 6) is 0. The van der Waals surface area contributed by atoms with E-state index in [2.05, 4.69) is 80.6 Å². The standard InChI is InChI=1S/C31H43BN2O2S/c1-7-9-11-13-17-31(18-14-12-10-8-2)25-19-22(32-35-29(3,4)30(5,6)36-32)15-16-23(25)24-20-27-28(21-26(24)31)34-37-33-27/h15-16,19-21H,7-14,17-18H2,1-6H3. The molecule has 1 saturated heterocycles. The molecule has 0 atom stereocenters. The first-order chi connectivity index (χ1) is 17.7. The van der Waals surface area contributed by atoms with Crippen molar-refractivity contribution in [1.82, 2.24) is 8.75 Å². The van der Waals surface area contributed by atoms with Gasteiger partial charge in [0.15, 0.2) is 0 Å². The second kappa shape index (κ2) is 10.4. The minimum atomic E-state index is -0.349. The summed E-state index contributed by atoms with van der Waals surface area (Å²) in [7, 11) is -0.344. The lowest BCUT2D eigenvalue weighted by atomic mass is 9.68. The van der Waals surface area contributed by atoms with Crippen molar-refractivity contribution >= 4 is 35.3 Å². The van der Waals surface area contributed by atoms with Gasteiger partial charge < -0.3 is 9.31 Å². The van der Waals surface area contributed by atoms with Crippen LogP contribution >= 0.6 is 11.7 Å². The van der Waals surface area contributed by atoms with Gasteiger partial charge in [0, 0.05) is 5.41 Å². The Morgan fingerprint density at radius 2 is 1.27 bits per heavy atom. The Kier molecular flexibility index (Phi) is 7.56. The third kappa shape index (κ3) is 4.79. The van der Waals surface area contributed by atoms with Gasteiger partial charge in [0.2, 0.25) is 0 Å². The molecule has 0 spiro atoms. The van der Waals surface area contributed by atoms with E-state index >= 15 is 0 Å². The monoisotopic (exact) mass is 518 g/mol. The summed E-state index contributed by atoms with van der Waals surface area (Å²) in [6.45, 7) is 13.1. The first kappa shape index (κ1) is 26.8. The van der Waals surface area contributed by atoms with Crippen LogP contribution < -0.4 is 5.46 Å². The highest BCUT2D eigenvalue weighted by molar-refractivity contribution is 7.00. The molecule has 2 aromatic carbocycles. The van der Waals surface area contributed by atoms with Crippen molar-refractivity contribution < 1.29 is 9.31 Å². The molecule has 6 heteroatoms. The van der Waals surface area contributed by atoms with Crippen molar-refractivity contribution in [2.75, 3.05) is 0 Å². The van der Waals surface area contributed by atoms with Gasteiger partial charge in [0.25, 0.3) is 0 Å². The fraction of sp³-hybridized carbons (Fsp3) is 0.613. The number of nitrogens with zero attached hydrogens (tertiary/aromatic N) is 2. The van der Waals surface area contributed by atoms with E-state index < -0.39 is 0 Å². The van der Waals surface area contributed by atoms with Crippen LogP contribution in [0.4, 0.5) is 0 Å². The second-order valence-electron chi connectivity index (χ2n) is 12.2. The molecule has 2 heterocycles. The Labute approximate surface area is 228 Å². The average Bonchev–Trinajstić information content (AvgIpc) is 3.49. The Morgan fingerprint density at radius 1 is 0.703 bits per heavy atom. The Morgan fingerprint density at radius 3 is 1.86 bits per heavy atom. The average molecular weight is 519 g/mol. The van der Waals surface area contributed by atoms with Gasteiger partial charge in [-0.1, -0.05) is 83.4 Å². The van der Waals surface area contributed by atoms with Crippen molar-refractivity contribution in [3.8, 4) is 11.1 Å². The lowest BCUT2D eigenvalue weighted by molar-refractivity contribution is 0.00578. The van der Waals surface area contributed by atoms with Crippen LogP contribution in [0, 0.1) is 0 Å². The van der Waals surface area contributed by atoms with Crippen molar-refractivity contribution in [3.63, 3.8) is 0 Å². The predicted molar refractivity (Wildman–Crippen MR) is 157 cm³/mol. The Hall–Kier alpha value is -1.76. The van der Waals surface area contributed by atoms with Crippen LogP contribution in [0.25, 0.3) is 22.2 Å². The molecule has 3 aromatic rings. The molecule has 0 radical (unpaired) electrons. The van der Waals surface area contributed by atoms with E-state index in [-0.39, 0.29) is 23.7 Å². The molecule has 1 aromatic heterocycles. The van der Waals surface area contributed by atoms with Crippen LogP contribution in [0.5, 0.6) is 0 Å². The largest absolute Gasteiger partial charge is 0.494 e. The highest BCUT2D eigenvalue weighted by Gasteiger charge is 2.52. The van der Waals surface area contributed by atoms with Crippen molar-refractivity contribution in [3.05, 3.63) is 41.5 Å². The number of benzene rings is 2. The summed E-state index contributed by atoms with van der Waals surface area (Å²) in [5.41, 5.74) is 8.11. The Balaban J connectivity index is 1.61. The molecule has 1 fully saturated rings. The zero-order valence-corrected chi connectivity index (χ0v) is 24.5. The molecule has 4 nitrogen and oxygen atoms in total. The van der Waals surface area contributed by atoms with Crippen molar-refractivity contribution in [1.29, 1.82) is 0 Å². The molecule has 0 amide bonds. The summed E-state index contributed by atoms with van der Waals surface area (Å²) in [5, 5.41) is 0. The number of hydrogen-bond donors (Lipinski definition) is 0. The molecule has 1 aliphatic heterocycles. The minimum absolute atomic E-state index is 0.00358. The van der Waals surface area contributed by atoms with Gasteiger partial charge in [0.1, 0.15) is 11.0 Å². The smallest absolute Gasteiger partial charge is 0.399 e. The summed E-state index contributed by atoms with van der Waals surface area (Å²) in [6, 6.07) is 11.6. The van der Waals surface area contributed by atoms with Crippen molar-refractivity contribution in [2.45, 2.75) is 122 Å². The molecule has 198 valence electrons. The molecule has 0 saturated carbocycles. The summed E-state index contributed by atoms with van der Waals surface area (Å²) >= 11 is 1.32. The lowest BCUT2D eigenvalue weighted by Crippen LogP contribution is -2.41. The van der Waals surface area contributed by atoms with E-state index in [0.717, 1.165) is 16.5 Å². The maximum atomic E-state index is 6.49. The van der Waals surface area contributed by atoms with Gasteiger partial charge in [0.05, 0.1) is 22.9 Å². The molecule has 2 aliphatic rings. The van der Waals surface area contributed by atoms with E-state index in [1.54, 1.807) is 0 Å². The second-order valence-corrected chi connectivity index (χ2v) is 12.8. The van der Waals surface area contributed by atoms with Crippen LogP contribution in [-0.2, 0) is 14.7 Å². The van der Waals surface area contributed by atoms with E-state index in [0.29, 0.717) is 0 Å². The molecule has 5 rings (SSSR count). The summed E-state index contributed by atoms with van der Waals surface area (Å²) in [4.78, 5) is 0. The molecule has 37 heavy (non-hydrogen) atoms. The highest BCUT2D eigenvalue weighted by atomic mass is 32.1. The van der Waals surface area contributed by atoms with Crippen LogP contribution in [0.15, 0.2) is 30.3 Å². The summed E-state index contributed by atoms with van der Waals surface area (Å²) < 4.78 is 22.2. The zero-order chi connectivity index (χ0) is 26.3. The van der Waals surface area contributed by atoms with E-state index in [1.807, 2.05) is 0 Å². The molecule has 0 bridgehead atoms. The SMILES string of the molecule is CCCCCCC1(CCCCCC)c2cc(B3OC(C)(C)C(C)(C)O3)ccc2-c2cc3nsnc3cc21. The molecule has 0 unspecified atom stereocenters. The molecule has 1 aliphatic carbocycles. The zero-order valence-electron chi connectivity index (χ0n) is 23.7. The van der Waals surface area contributed by atoms with Gasteiger partial charge in [-0.3, -0.25) is 0 Å². The highest BCUT2D eigenvalue weighted by Crippen LogP contribution is 2.55. The fourth-order valence-electron chi connectivity index (χ4n) is 6.28. The number of unbranched alkanes of at least 4 members (excludes halogenated alkanes) is 6. The van der Waals surface area contributed by atoms with Crippen LogP contribution in [0.1, 0.15) is 117 Å². The maximum Gasteiger partial charge on any atom is 0.494 e. The van der Waals surface area contributed by atoms with Gasteiger partial charge in [-0.15, -0.1) is 0 Å². The number of fused-ring (bicyclic) bond motifs is 4. The normalized spacial score (nSPS) is 18.9. The minimum Gasteiger partial charge on any atom is -0.399 e. The van der Waals surface area contributed by atoms with Crippen LogP contribution in [-0.4, -0.2) is 27.1 Å². The number of rotatable bonds is 11. The van der Waals surface area contributed by atoms with Gasteiger partial charge >= 0.3 is 7.12 Å². The first-order valence-corrected chi connectivity index (χ1v) is 15.2. The van der Waals surface area contributed by atoms with Crippen molar-refractivity contribution in [2.24, 2.45) is 0 Å². The lowest BCUT2D eigenvalue weighted by Gasteiger charge is -2.33. The molecular formula is C31H43BN2O2S. The third-order valence-electron chi connectivity index (χ3n) is 9.20.